The van der Waals surface area contributed by atoms with Crippen LogP contribution in [0.25, 0.3) is 0 Å². The number of likely N-dealkylation sites (tertiary alicyclic amines) is 1. The van der Waals surface area contributed by atoms with Crippen molar-refractivity contribution in [2.24, 2.45) is 5.92 Å². The summed E-state index contributed by atoms with van der Waals surface area (Å²) in [5.41, 5.74) is 7.81. The van der Waals surface area contributed by atoms with Crippen LogP contribution >= 0.6 is 0 Å². The van der Waals surface area contributed by atoms with Crippen molar-refractivity contribution in [1.82, 2.24) is 9.88 Å². The van der Waals surface area contributed by atoms with E-state index in [1.807, 2.05) is 11.8 Å². The van der Waals surface area contributed by atoms with Gasteiger partial charge in [-0.1, -0.05) is 6.92 Å². The zero-order valence-corrected chi connectivity index (χ0v) is 11.3. The smallest absolute Gasteiger partial charge is 0.257 e. The van der Waals surface area contributed by atoms with Crippen molar-refractivity contribution in [2.45, 2.75) is 39.7 Å². The molecule has 0 aromatic carbocycles. The number of hydrogen-bond donors (Lipinski definition) is 1. The highest BCUT2D eigenvalue weighted by Crippen LogP contribution is 2.25. The Morgan fingerprint density at radius 1 is 1.50 bits per heavy atom. The van der Waals surface area contributed by atoms with Crippen molar-refractivity contribution in [2.75, 3.05) is 12.3 Å². The van der Waals surface area contributed by atoms with E-state index in [9.17, 15) is 4.79 Å². The zero-order valence-electron chi connectivity index (χ0n) is 11.3. The Labute approximate surface area is 108 Å². The van der Waals surface area contributed by atoms with Gasteiger partial charge in [0.25, 0.3) is 5.91 Å². The monoisotopic (exact) mass is 247 g/mol. The number of nitrogen functional groups attached to an aromatic ring is 1. The lowest BCUT2D eigenvalue weighted by Crippen LogP contribution is -2.44. The van der Waals surface area contributed by atoms with Gasteiger partial charge in [-0.3, -0.25) is 9.78 Å². The van der Waals surface area contributed by atoms with Crippen LogP contribution in [-0.2, 0) is 0 Å². The van der Waals surface area contributed by atoms with E-state index in [1.165, 1.54) is 0 Å². The minimum atomic E-state index is 0.0133. The summed E-state index contributed by atoms with van der Waals surface area (Å²) in [6.45, 7) is 7.02. The molecule has 4 heteroatoms. The highest BCUT2D eigenvalue weighted by molar-refractivity contribution is 5.99. The van der Waals surface area contributed by atoms with E-state index in [0.29, 0.717) is 17.2 Å². The van der Waals surface area contributed by atoms with Gasteiger partial charge in [-0.2, -0.15) is 0 Å². The highest BCUT2D eigenvalue weighted by atomic mass is 16.2. The first-order chi connectivity index (χ1) is 8.49. The summed E-state index contributed by atoms with van der Waals surface area (Å²) in [7, 11) is 0. The predicted octanol–water partition coefficient (Wildman–Crippen LogP) is 2.23. The zero-order chi connectivity index (χ0) is 13.3. The fourth-order valence-electron chi connectivity index (χ4n) is 2.62. The maximum atomic E-state index is 12.5. The molecule has 0 aliphatic carbocycles. The van der Waals surface area contributed by atoms with Crippen molar-refractivity contribution in [3.05, 3.63) is 23.5 Å². The van der Waals surface area contributed by atoms with Crippen LogP contribution in [0, 0.1) is 12.8 Å². The van der Waals surface area contributed by atoms with Gasteiger partial charge in [-0.05, 0) is 38.7 Å². The predicted molar refractivity (Wildman–Crippen MR) is 72.3 cm³/mol. The van der Waals surface area contributed by atoms with Crippen molar-refractivity contribution in [3.8, 4) is 0 Å². The number of nitrogens with zero attached hydrogens (tertiary/aromatic N) is 2. The van der Waals surface area contributed by atoms with Gasteiger partial charge in [0.1, 0.15) is 0 Å². The average molecular weight is 247 g/mol. The highest BCUT2D eigenvalue weighted by Gasteiger charge is 2.28. The molecule has 4 nitrogen and oxygen atoms in total. The van der Waals surface area contributed by atoms with E-state index in [-0.39, 0.29) is 11.9 Å². The van der Waals surface area contributed by atoms with Gasteiger partial charge < -0.3 is 10.6 Å². The lowest BCUT2D eigenvalue weighted by atomic mass is 9.93. The molecule has 2 heterocycles. The lowest BCUT2D eigenvalue weighted by molar-refractivity contribution is 0.0589. The van der Waals surface area contributed by atoms with Crippen LogP contribution < -0.4 is 5.73 Å². The third-order valence-corrected chi connectivity index (χ3v) is 3.70. The number of carbonyl (C=O) groups excluding carboxylic acids is 1. The second kappa shape index (κ2) is 4.96. The molecule has 2 N–H and O–H groups in total. The molecule has 0 bridgehead atoms. The number of piperidine rings is 1. The van der Waals surface area contributed by atoms with Gasteiger partial charge in [0.2, 0.25) is 0 Å². The van der Waals surface area contributed by atoms with E-state index in [2.05, 4.69) is 18.8 Å². The Kier molecular flexibility index (Phi) is 3.55. The Balaban J connectivity index is 2.20. The minimum absolute atomic E-state index is 0.0133. The molecule has 2 rings (SSSR count). The molecule has 2 atom stereocenters. The van der Waals surface area contributed by atoms with Crippen LogP contribution in [0.5, 0.6) is 0 Å². The van der Waals surface area contributed by atoms with Crippen LogP contribution in [0.1, 0.15) is 42.7 Å². The quantitative estimate of drug-likeness (QED) is 0.828. The fraction of sp³-hybridized carbons (Fsp3) is 0.571. The number of aromatic nitrogens is 1. The number of aryl methyl sites for hydroxylation is 1. The first kappa shape index (κ1) is 12.9. The lowest BCUT2D eigenvalue weighted by Gasteiger charge is -2.36. The number of amides is 1. The molecular weight excluding hydrogens is 226 g/mol. The van der Waals surface area contributed by atoms with Crippen molar-refractivity contribution in [3.63, 3.8) is 0 Å². The average Bonchev–Trinajstić information content (AvgIpc) is 2.28. The molecule has 1 saturated heterocycles. The van der Waals surface area contributed by atoms with Gasteiger partial charge in [-0.15, -0.1) is 0 Å². The van der Waals surface area contributed by atoms with Crippen molar-refractivity contribution < 1.29 is 4.79 Å². The molecule has 1 aliphatic rings. The molecule has 2 unspecified atom stereocenters. The number of hydrogen-bond acceptors (Lipinski definition) is 3. The Bertz CT molecular complexity index is 458. The summed E-state index contributed by atoms with van der Waals surface area (Å²) >= 11 is 0. The van der Waals surface area contributed by atoms with Crippen LogP contribution in [0.3, 0.4) is 0 Å². The summed E-state index contributed by atoms with van der Waals surface area (Å²) < 4.78 is 0. The molecule has 0 saturated carbocycles. The SMILES string of the molecule is Cc1cc(N)c(C(=O)N2CCC(C)CC2C)cn1. The van der Waals surface area contributed by atoms with E-state index in [1.54, 1.807) is 12.3 Å². The number of anilines is 1. The topological polar surface area (TPSA) is 59.2 Å². The maximum Gasteiger partial charge on any atom is 0.257 e. The summed E-state index contributed by atoms with van der Waals surface area (Å²) in [6, 6.07) is 2.03. The Morgan fingerprint density at radius 2 is 2.22 bits per heavy atom. The van der Waals surface area contributed by atoms with Crippen molar-refractivity contribution >= 4 is 11.6 Å². The van der Waals surface area contributed by atoms with Gasteiger partial charge in [0, 0.05) is 30.2 Å². The molecule has 1 aromatic rings. The summed E-state index contributed by atoms with van der Waals surface area (Å²) in [5, 5.41) is 0. The molecule has 18 heavy (non-hydrogen) atoms. The molecule has 98 valence electrons. The van der Waals surface area contributed by atoms with E-state index < -0.39 is 0 Å². The second-order valence-electron chi connectivity index (χ2n) is 5.39. The van der Waals surface area contributed by atoms with E-state index >= 15 is 0 Å². The number of pyridine rings is 1. The van der Waals surface area contributed by atoms with Crippen LogP contribution in [-0.4, -0.2) is 28.4 Å². The largest absolute Gasteiger partial charge is 0.398 e. The van der Waals surface area contributed by atoms with Crippen molar-refractivity contribution in [1.29, 1.82) is 0 Å². The molecular formula is C14H21N3O. The number of carbonyl (C=O) groups is 1. The first-order valence-corrected chi connectivity index (χ1v) is 6.52. The Hall–Kier alpha value is -1.58. The number of nitrogens with two attached hydrogens (primary N) is 1. The van der Waals surface area contributed by atoms with Crippen LogP contribution in [0.4, 0.5) is 5.69 Å². The fourth-order valence-corrected chi connectivity index (χ4v) is 2.62. The van der Waals surface area contributed by atoms with E-state index in [0.717, 1.165) is 25.1 Å². The summed E-state index contributed by atoms with van der Waals surface area (Å²) in [4.78, 5) is 18.5. The Morgan fingerprint density at radius 3 is 2.83 bits per heavy atom. The molecule has 1 amide bonds. The third-order valence-electron chi connectivity index (χ3n) is 3.70. The summed E-state index contributed by atoms with van der Waals surface area (Å²) in [6.07, 6.45) is 3.72. The van der Waals surface area contributed by atoms with E-state index in [4.69, 9.17) is 5.73 Å². The van der Waals surface area contributed by atoms with Gasteiger partial charge in [-0.25, -0.2) is 0 Å². The summed E-state index contributed by atoms with van der Waals surface area (Å²) in [5.74, 6) is 0.705. The maximum absolute atomic E-state index is 12.5. The molecule has 1 aromatic heterocycles. The van der Waals surface area contributed by atoms with Crippen LogP contribution in [0.2, 0.25) is 0 Å². The van der Waals surface area contributed by atoms with Gasteiger partial charge >= 0.3 is 0 Å². The van der Waals surface area contributed by atoms with Crippen LogP contribution in [0.15, 0.2) is 12.3 Å². The third kappa shape index (κ3) is 2.47. The normalized spacial score (nSPS) is 24.1. The molecule has 0 spiro atoms. The number of rotatable bonds is 1. The molecule has 1 aliphatic heterocycles. The second-order valence-corrected chi connectivity index (χ2v) is 5.39. The first-order valence-electron chi connectivity index (χ1n) is 6.52. The van der Waals surface area contributed by atoms with Gasteiger partial charge in [0.15, 0.2) is 0 Å². The minimum Gasteiger partial charge on any atom is -0.398 e. The van der Waals surface area contributed by atoms with Gasteiger partial charge in [0.05, 0.1) is 5.56 Å². The standard InChI is InChI=1S/C14H21N3O/c1-9-4-5-17(11(3)6-9)14(18)12-8-16-10(2)7-13(12)15/h7-9,11H,4-6H2,1-3H3,(H2,15,16). The molecule has 1 fully saturated rings. The molecule has 0 radical (unpaired) electrons.